The Balaban J connectivity index is 2.06. The minimum atomic E-state index is -0.773. The summed E-state index contributed by atoms with van der Waals surface area (Å²) in [6, 6.07) is 14.5. The fraction of sp³-hybridized carbons (Fsp3) is 0.350. The summed E-state index contributed by atoms with van der Waals surface area (Å²) < 4.78 is 20.8. The van der Waals surface area contributed by atoms with Gasteiger partial charge in [-0.25, -0.2) is 4.39 Å². The topological polar surface area (TPSA) is 36.3 Å². The SMILES string of the molecule is CN(C)CCC[C@]1(c2ccccc2F)OCc2cc(C#N)ccc21. The summed E-state index contributed by atoms with van der Waals surface area (Å²) in [5.41, 5.74) is 2.36. The molecule has 0 fully saturated rings. The maximum Gasteiger partial charge on any atom is 0.129 e. The average Bonchev–Trinajstić information content (AvgIpc) is 2.94. The highest BCUT2D eigenvalue weighted by Gasteiger charge is 2.43. The smallest absolute Gasteiger partial charge is 0.129 e. The first-order chi connectivity index (χ1) is 11.6. The Morgan fingerprint density at radius 2 is 2.00 bits per heavy atom. The van der Waals surface area contributed by atoms with E-state index in [1.807, 2.05) is 32.3 Å². The van der Waals surface area contributed by atoms with Crippen LogP contribution in [0.25, 0.3) is 0 Å². The van der Waals surface area contributed by atoms with Gasteiger partial charge in [0.25, 0.3) is 0 Å². The van der Waals surface area contributed by atoms with E-state index in [4.69, 9.17) is 10.00 Å². The largest absolute Gasteiger partial charge is 0.361 e. The molecule has 0 bridgehead atoms. The Labute approximate surface area is 142 Å². The van der Waals surface area contributed by atoms with E-state index in [9.17, 15) is 4.39 Å². The van der Waals surface area contributed by atoms with Crippen molar-refractivity contribution in [3.8, 4) is 6.07 Å². The van der Waals surface area contributed by atoms with Gasteiger partial charge in [0.15, 0.2) is 0 Å². The Morgan fingerprint density at radius 1 is 1.21 bits per heavy atom. The highest BCUT2D eigenvalue weighted by Crippen LogP contribution is 2.46. The van der Waals surface area contributed by atoms with Crippen LogP contribution in [0.4, 0.5) is 4.39 Å². The van der Waals surface area contributed by atoms with Gasteiger partial charge in [0.05, 0.1) is 18.2 Å². The summed E-state index contributed by atoms with van der Waals surface area (Å²) in [6.45, 7) is 1.31. The predicted octanol–water partition coefficient (Wildman–Crippen LogP) is 3.81. The molecule has 0 aromatic heterocycles. The molecule has 0 amide bonds. The summed E-state index contributed by atoms with van der Waals surface area (Å²) in [5.74, 6) is -0.250. The number of nitrogens with zero attached hydrogens (tertiary/aromatic N) is 2. The number of hydrogen-bond donors (Lipinski definition) is 0. The zero-order valence-electron chi connectivity index (χ0n) is 14.1. The van der Waals surface area contributed by atoms with Crippen molar-refractivity contribution in [3.05, 3.63) is 70.5 Å². The lowest BCUT2D eigenvalue weighted by molar-refractivity contribution is -0.0163. The van der Waals surface area contributed by atoms with E-state index in [0.29, 0.717) is 24.2 Å². The van der Waals surface area contributed by atoms with Crippen molar-refractivity contribution in [2.24, 2.45) is 0 Å². The van der Waals surface area contributed by atoms with E-state index < -0.39 is 5.60 Å². The van der Waals surface area contributed by atoms with Crippen LogP contribution in [0.1, 0.15) is 35.1 Å². The van der Waals surface area contributed by atoms with Crippen molar-refractivity contribution < 1.29 is 9.13 Å². The molecule has 3 rings (SSSR count). The fourth-order valence-corrected chi connectivity index (χ4v) is 3.45. The molecule has 0 unspecified atom stereocenters. The molecule has 0 N–H and O–H groups in total. The second kappa shape index (κ2) is 6.72. The van der Waals surface area contributed by atoms with Gasteiger partial charge in [-0.2, -0.15) is 5.26 Å². The zero-order chi connectivity index (χ0) is 17.2. The fourth-order valence-electron chi connectivity index (χ4n) is 3.45. The summed E-state index contributed by atoms with van der Waals surface area (Å²) in [5, 5.41) is 9.11. The average molecular weight is 324 g/mol. The van der Waals surface area contributed by atoms with Crippen LogP contribution in [0, 0.1) is 17.1 Å². The zero-order valence-corrected chi connectivity index (χ0v) is 14.1. The van der Waals surface area contributed by atoms with Crippen molar-refractivity contribution in [1.82, 2.24) is 4.90 Å². The van der Waals surface area contributed by atoms with Gasteiger partial charge in [0.2, 0.25) is 0 Å². The second-order valence-electron chi connectivity index (χ2n) is 6.49. The Hall–Kier alpha value is -2.22. The predicted molar refractivity (Wildman–Crippen MR) is 90.9 cm³/mol. The van der Waals surface area contributed by atoms with Crippen LogP contribution >= 0.6 is 0 Å². The Kier molecular flexibility index (Phi) is 4.66. The molecule has 1 aliphatic heterocycles. The second-order valence-corrected chi connectivity index (χ2v) is 6.49. The molecule has 1 heterocycles. The molecule has 24 heavy (non-hydrogen) atoms. The molecule has 0 saturated heterocycles. The van der Waals surface area contributed by atoms with Crippen molar-refractivity contribution in [2.45, 2.75) is 25.0 Å². The van der Waals surface area contributed by atoms with E-state index in [1.165, 1.54) is 6.07 Å². The monoisotopic (exact) mass is 324 g/mol. The van der Waals surface area contributed by atoms with Crippen molar-refractivity contribution in [2.75, 3.05) is 20.6 Å². The number of nitriles is 1. The van der Waals surface area contributed by atoms with Gasteiger partial charge in [-0.05, 0) is 62.8 Å². The molecular formula is C20H21FN2O. The number of fused-ring (bicyclic) bond motifs is 1. The molecule has 1 aliphatic rings. The number of halogens is 1. The Bertz CT molecular complexity index is 781. The number of rotatable bonds is 5. The molecule has 0 saturated carbocycles. The van der Waals surface area contributed by atoms with Gasteiger partial charge in [-0.3, -0.25) is 0 Å². The summed E-state index contributed by atoms with van der Waals surface area (Å²) in [4.78, 5) is 2.11. The van der Waals surface area contributed by atoms with E-state index in [0.717, 1.165) is 24.1 Å². The first-order valence-electron chi connectivity index (χ1n) is 8.14. The molecule has 0 spiro atoms. The maximum atomic E-state index is 14.6. The third-order valence-corrected chi connectivity index (χ3v) is 4.59. The lowest BCUT2D eigenvalue weighted by Gasteiger charge is -2.31. The van der Waals surface area contributed by atoms with Crippen molar-refractivity contribution >= 4 is 0 Å². The van der Waals surface area contributed by atoms with Crippen molar-refractivity contribution in [1.29, 1.82) is 5.26 Å². The molecule has 1 atom stereocenters. The van der Waals surface area contributed by atoms with Gasteiger partial charge in [-0.15, -0.1) is 0 Å². The van der Waals surface area contributed by atoms with E-state index >= 15 is 0 Å². The van der Waals surface area contributed by atoms with Crippen LogP contribution in [0.3, 0.4) is 0 Å². The minimum absolute atomic E-state index is 0.250. The van der Waals surface area contributed by atoms with Gasteiger partial charge in [-0.1, -0.05) is 24.3 Å². The first kappa shape index (κ1) is 16.6. The molecule has 124 valence electrons. The van der Waals surface area contributed by atoms with E-state index in [2.05, 4.69) is 11.0 Å². The van der Waals surface area contributed by atoms with Gasteiger partial charge >= 0.3 is 0 Å². The number of benzene rings is 2. The normalized spacial score (nSPS) is 19.3. The van der Waals surface area contributed by atoms with Crippen LogP contribution in [0.5, 0.6) is 0 Å². The standard InChI is InChI=1S/C20H21FN2O/c1-23(2)11-5-10-20(18-6-3-4-7-19(18)21)17-9-8-15(13-22)12-16(17)14-24-20/h3-4,6-9,12H,5,10-11,14H2,1-2H3/t20-/m0/s1. The van der Waals surface area contributed by atoms with Crippen LogP contribution in [0.2, 0.25) is 0 Å². The summed E-state index contributed by atoms with van der Waals surface area (Å²) >= 11 is 0. The van der Waals surface area contributed by atoms with E-state index in [1.54, 1.807) is 18.2 Å². The molecule has 2 aromatic rings. The Morgan fingerprint density at radius 3 is 2.71 bits per heavy atom. The summed E-state index contributed by atoms with van der Waals surface area (Å²) in [6.07, 6.45) is 1.59. The quantitative estimate of drug-likeness (QED) is 0.839. The molecule has 3 nitrogen and oxygen atoms in total. The third kappa shape index (κ3) is 2.93. The van der Waals surface area contributed by atoms with Crippen LogP contribution < -0.4 is 0 Å². The van der Waals surface area contributed by atoms with Gasteiger partial charge in [0.1, 0.15) is 11.4 Å². The van der Waals surface area contributed by atoms with Crippen LogP contribution in [0.15, 0.2) is 42.5 Å². The van der Waals surface area contributed by atoms with E-state index in [-0.39, 0.29) is 5.82 Å². The first-order valence-corrected chi connectivity index (χ1v) is 8.14. The minimum Gasteiger partial charge on any atom is -0.361 e. The maximum absolute atomic E-state index is 14.6. The highest BCUT2D eigenvalue weighted by atomic mass is 19.1. The van der Waals surface area contributed by atoms with Crippen LogP contribution in [-0.4, -0.2) is 25.5 Å². The number of ether oxygens (including phenoxy) is 1. The highest BCUT2D eigenvalue weighted by molar-refractivity contribution is 5.48. The third-order valence-electron chi connectivity index (χ3n) is 4.59. The molecule has 0 aliphatic carbocycles. The van der Waals surface area contributed by atoms with Crippen molar-refractivity contribution in [3.63, 3.8) is 0 Å². The molecular weight excluding hydrogens is 303 g/mol. The van der Waals surface area contributed by atoms with Gasteiger partial charge < -0.3 is 9.64 Å². The summed E-state index contributed by atoms with van der Waals surface area (Å²) in [7, 11) is 4.05. The molecule has 0 radical (unpaired) electrons. The van der Waals surface area contributed by atoms with Gasteiger partial charge in [0, 0.05) is 5.56 Å². The number of hydrogen-bond acceptors (Lipinski definition) is 3. The lowest BCUT2D eigenvalue weighted by Crippen LogP contribution is -2.29. The lowest BCUT2D eigenvalue weighted by atomic mass is 9.81. The molecule has 2 aromatic carbocycles. The van der Waals surface area contributed by atoms with Crippen LogP contribution in [-0.2, 0) is 16.9 Å². The molecule has 4 heteroatoms.